The molecule has 0 aromatic heterocycles. The van der Waals surface area contributed by atoms with Crippen LogP contribution in [-0.2, 0) is 9.59 Å². The number of piperazine rings is 1. The molecule has 2 N–H and O–H groups in total. The lowest BCUT2D eigenvalue weighted by Gasteiger charge is -2.38. The van der Waals surface area contributed by atoms with Crippen LogP contribution in [0.2, 0.25) is 0 Å². The first kappa shape index (κ1) is 20.4. The Morgan fingerprint density at radius 3 is 2.50 bits per heavy atom. The summed E-state index contributed by atoms with van der Waals surface area (Å²) in [4.78, 5) is 41.0. The van der Waals surface area contributed by atoms with E-state index in [0.717, 1.165) is 18.5 Å². The summed E-state index contributed by atoms with van der Waals surface area (Å²) in [5.74, 6) is -0.548. The van der Waals surface area contributed by atoms with E-state index >= 15 is 0 Å². The summed E-state index contributed by atoms with van der Waals surface area (Å²) in [5.41, 5.74) is -0.239. The zero-order valence-corrected chi connectivity index (χ0v) is 17.2. The van der Waals surface area contributed by atoms with Gasteiger partial charge in [0.1, 0.15) is 17.1 Å². The van der Waals surface area contributed by atoms with Gasteiger partial charge in [-0.05, 0) is 31.2 Å². The minimum atomic E-state index is -0.966. The van der Waals surface area contributed by atoms with Crippen LogP contribution in [0.15, 0.2) is 18.2 Å². The van der Waals surface area contributed by atoms with Crippen molar-refractivity contribution >= 4 is 23.5 Å². The van der Waals surface area contributed by atoms with Crippen LogP contribution in [0.1, 0.15) is 26.2 Å². The monoisotopic (exact) mass is 418 g/mol. The number of nitrogens with zero attached hydrogens (tertiary/aromatic N) is 2. The normalized spacial score (nSPS) is 25.0. The van der Waals surface area contributed by atoms with Crippen molar-refractivity contribution in [3.63, 3.8) is 0 Å². The van der Waals surface area contributed by atoms with E-state index in [0.29, 0.717) is 38.3 Å². The van der Waals surface area contributed by atoms with Crippen molar-refractivity contribution in [2.75, 3.05) is 38.2 Å². The summed E-state index contributed by atoms with van der Waals surface area (Å²) in [6.45, 7) is 3.99. The number of amides is 4. The molecular weight excluding hydrogens is 391 g/mol. The Kier molecular flexibility index (Phi) is 5.29. The van der Waals surface area contributed by atoms with E-state index in [4.69, 9.17) is 4.74 Å². The first-order chi connectivity index (χ1) is 14.3. The highest BCUT2D eigenvalue weighted by molar-refractivity contribution is 6.07. The molecule has 2 heterocycles. The third-order valence-electron chi connectivity index (χ3n) is 6.34. The lowest BCUT2D eigenvalue weighted by Crippen LogP contribution is -2.54. The predicted molar refractivity (Wildman–Crippen MR) is 108 cm³/mol. The van der Waals surface area contributed by atoms with Gasteiger partial charge in [0.05, 0.1) is 7.11 Å². The van der Waals surface area contributed by atoms with Gasteiger partial charge in [0.2, 0.25) is 5.91 Å². The second-order valence-electron chi connectivity index (χ2n) is 8.42. The molecule has 2 aliphatic heterocycles. The fraction of sp³-hybridized carbons (Fsp3) is 0.571. The maximum absolute atomic E-state index is 13.8. The molecule has 4 amide bonds. The Morgan fingerprint density at radius 2 is 1.93 bits per heavy atom. The van der Waals surface area contributed by atoms with E-state index in [2.05, 4.69) is 10.6 Å². The van der Waals surface area contributed by atoms with E-state index in [1.807, 2.05) is 11.8 Å². The van der Waals surface area contributed by atoms with Crippen molar-refractivity contribution in [1.82, 2.24) is 15.5 Å². The van der Waals surface area contributed by atoms with Crippen molar-refractivity contribution in [2.45, 2.75) is 31.7 Å². The Labute approximate surface area is 174 Å². The maximum Gasteiger partial charge on any atom is 0.322 e. The van der Waals surface area contributed by atoms with Gasteiger partial charge >= 0.3 is 6.03 Å². The quantitative estimate of drug-likeness (QED) is 0.684. The lowest BCUT2D eigenvalue weighted by molar-refractivity contribution is -0.137. The summed E-state index contributed by atoms with van der Waals surface area (Å²) in [7, 11) is 1.50. The van der Waals surface area contributed by atoms with Gasteiger partial charge in [0.15, 0.2) is 0 Å². The van der Waals surface area contributed by atoms with E-state index < -0.39 is 17.5 Å². The molecule has 30 heavy (non-hydrogen) atoms. The molecule has 1 aliphatic carbocycles. The molecule has 0 radical (unpaired) electrons. The second kappa shape index (κ2) is 7.77. The van der Waals surface area contributed by atoms with Crippen LogP contribution in [0.4, 0.5) is 14.9 Å². The average molecular weight is 418 g/mol. The van der Waals surface area contributed by atoms with Gasteiger partial charge in [0, 0.05) is 49.9 Å². The number of hydrogen-bond acceptors (Lipinski definition) is 5. The van der Waals surface area contributed by atoms with Gasteiger partial charge in [-0.1, -0.05) is 6.92 Å². The van der Waals surface area contributed by atoms with E-state index in [1.165, 1.54) is 19.2 Å². The number of urea groups is 1. The number of rotatable bonds is 6. The number of anilines is 1. The van der Waals surface area contributed by atoms with Crippen LogP contribution in [0, 0.1) is 17.7 Å². The zero-order valence-electron chi connectivity index (χ0n) is 17.2. The molecule has 9 heteroatoms. The highest BCUT2D eigenvalue weighted by atomic mass is 19.1. The van der Waals surface area contributed by atoms with Crippen LogP contribution in [0.25, 0.3) is 0 Å². The summed E-state index contributed by atoms with van der Waals surface area (Å²) < 4.78 is 18.9. The number of imide groups is 1. The van der Waals surface area contributed by atoms with Crippen LogP contribution < -0.4 is 20.3 Å². The van der Waals surface area contributed by atoms with Crippen LogP contribution in [-0.4, -0.2) is 61.6 Å². The van der Waals surface area contributed by atoms with Crippen molar-refractivity contribution in [3.05, 3.63) is 24.0 Å². The van der Waals surface area contributed by atoms with E-state index in [1.54, 1.807) is 11.0 Å². The molecule has 8 nitrogen and oxygen atoms in total. The van der Waals surface area contributed by atoms with Crippen molar-refractivity contribution in [3.8, 4) is 5.75 Å². The number of hydrogen-bond donors (Lipinski definition) is 2. The first-order valence-corrected chi connectivity index (χ1v) is 10.3. The van der Waals surface area contributed by atoms with E-state index in [9.17, 15) is 18.8 Å². The number of carbonyl (C=O) groups excluding carboxylic acids is 3. The number of nitrogens with one attached hydrogen (secondary N) is 2. The number of methoxy groups -OCH3 is 1. The minimum Gasteiger partial charge on any atom is -0.497 e. The summed E-state index contributed by atoms with van der Waals surface area (Å²) in [5, 5.41) is 5.12. The largest absolute Gasteiger partial charge is 0.497 e. The Hall–Kier alpha value is -2.84. The summed E-state index contributed by atoms with van der Waals surface area (Å²) in [6, 6.07) is 4.09. The molecule has 0 spiro atoms. The van der Waals surface area contributed by atoms with Gasteiger partial charge in [-0.3, -0.25) is 14.9 Å². The highest BCUT2D eigenvalue weighted by Crippen LogP contribution is 2.44. The molecule has 0 bridgehead atoms. The third kappa shape index (κ3) is 3.80. The Morgan fingerprint density at radius 1 is 1.23 bits per heavy atom. The molecule has 3 aliphatic rings. The molecular formula is C21H27FN4O4. The molecule has 1 unspecified atom stereocenters. The van der Waals surface area contributed by atoms with Crippen LogP contribution in [0.5, 0.6) is 5.75 Å². The van der Waals surface area contributed by atoms with Crippen molar-refractivity contribution in [1.29, 1.82) is 0 Å². The second-order valence-corrected chi connectivity index (χ2v) is 8.42. The van der Waals surface area contributed by atoms with Gasteiger partial charge in [-0.25, -0.2) is 9.18 Å². The van der Waals surface area contributed by atoms with Crippen LogP contribution in [0.3, 0.4) is 0 Å². The van der Waals surface area contributed by atoms with Gasteiger partial charge < -0.3 is 19.9 Å². The molecule has 1 saturated carbocycles. The molecule has 3 fully saturated rings. The zero-order chi connectivity index (χ0) is 21.5. The smallest absolute Gasteiger partial charge is 0.322 e. The molecule has 162 valence electrons. The highest BCUT2D eigenvalue weighted by Gasteiger charge is 2.56. The first-order valence-electron chi connectivity index (χ1n) is 10.3. The number of halogens is 1. The van der Waals surface area contributed by atoms with Crippen molar-refractivity contribution < 1.29 is 23.5 Å². The van der Waals surface area contributed by atoms with Crippen molar-refractivity contribution in [2.24, 2.45) is 11.8 Å². The minimum absolute atomic E-state index is 0.0274. The van der Waals surface area contributed by atoms with Gasteiger partial charge in [-0.15, -0.1) is 0 Å². The molecule has 2 saturated heterocycles. The third-order valence-corrected chi connectivity index (χ3v) is 6.34. The van der Waals surface area contributed by atoms with Gasteiger partial charge in [0.25, 0.3) is 5.91 Å². The van der Waals surface area contributed by atoms with Crippen LogP contribution >= 0.6 is 0 Å². The average Bonchev–Trinajstić information content (AvgIpc) is 3.53. The number of ether oxygens (including phenoxy) is 1. The predicted octanol–water partition coefficient (Wildman–Crippen LogP) is 1.50. The maximum atomic E-state index is 13.8. The fourth-order valence-electron chi connectivity index (χ4n) is 4.59. The number of carbonyl (C=O) groups is 3. The Balaban J connectivity index is 1.38. The van der Waals surface area contributed by atoms with Gasteiger partial charge in [-0.2, -0.15) is 0 Å². The number of benzene rings is 1. The molecule has 1 aromatic carbocycles. The molecule has 1 aromatic rings. The molecule has 2 atom stereocenters. The SMILES string of the molecule is COc1cc(F)cc(N2CCN(C(=O)C(C)C[C@@]3(C4CC4)NC(=O)NC3=O)CC2)c1. The molecule has 4 rings (SSSR count). The lowest BCUT2D eigenvalue weighted by atomic mass is 9.83. The fourth-order valence-corrected chi connectivity index (χ4v) is 4.59. The topological polar surface area (TPSA) is 91.0 Å². The van der Waals surface area contributed by atoms with E-state index in [-0.39, 0.29) is 23.5 Å². The summed E-state index contributed by atoms with van der Waals surface area (Å²) in [6.07, 6.45) is 2.06. The summed E-state index contributed by atoms with van der Waals surface area (Å²) >= 11 is 0. The Bertz CT molecular complexity index is 867. The standard InChI is InChI=1S/C21H27FN4O4/c1-13(12-21(14-3-4-14)19(28)23-20(29)24-21)18(27)26-7-5-25(6-8-26)16-9-15(22)10-17(11-16)30-2/h9-11,13-14H,3-8,12H2,1-2H3,(H2,23,24,28,29)/t13?,21-/m0/s1.